The molecule has 5 N–H and O–H groups in total. The second-order valence-electron chi connectivity index (χ2n) is 9.20. The molecule has 0 saturated carbocycles. The highest BCUT2D eigenvalue weighted by molar-refractivity contribution is 7.90. The fourth-order valence-electron chi connectivity index (χ4n) is 4.12. The third-order valence-electron chi connectivity index (χ3n) is 6.11. The molecule has 3 rings (SSSR count). The largest absolute Gasteiger partial charge is 0.487 e. The summed E-state index contributed by atoms with van der Waals surface area (Å²) in [6.45, 7) is 9.75. The van der Waals surface area contributed by atoms with Crippen molar-refractivity contribution in [2.75, 3.05) is 6.54 Å². The zero-order valence-electron chi connectivity index (χ0n) is 20.3. The smallest absolute Gasteiger partial charge is 0.264 e. The minimum Gasteiger partial charge on any atom is -0.487 e. The lowest BCUT2D eigenvalue weighted by Gasteiger charge is -2.35. The van der Waals surface area contributed by atoms with Gasteiger partial charge in [0.15, 0.2) is 5.01 Å². The van der Waals surface area contributed by atoms with E-state index in [1.165, 1.54) is 11.3 Å². The lowest BCUT2D eigenvalue weighted by molar-refractivity contribution is 0.0831. The maximum atomic E-state index is 13.2. The van der Waals surface area contributed by atoms with E-state index in [1.807, 2.05) is 20.8 Å². The lowest BCUT2D eigenvalue weighted by atomic mass is 9.88. The van der Waals surface area contributed by atoms with E-state index in [1.54, 1.807) is 25.4 Å². The fourth-order valence-corrected chi connectivity index (χ4v) is 6.28. The number of ketones is 1. The number of hydrogen-bond donors (Lipinski definition) is 3. The van der Waals surface area contributed by atoms with Crippen LogP contribution in [0.3, 0.4) is 0 Å². The van der Waals surface area contributed by atoms with Crippen molar-refractivity contribution in [2.45, 2.75) is 76.8 Å². The molecule has 9 nitrogen and oxygen atoms in total. The molecule has 1 atom stereocenters. The molecule has 1 aliphatic rings. The van der Waals surface area contributed by atoms with Gasteiger partial charge in [0.25, 0.3) is 10.0 Å². The number of thiazole rings is 1. The van der Waals surface area contributed by atoms with E-state index in [-0.39, 0.29) is 28.8 Å². The first-order chi connectivity index (χ1) is 15.8. The lowest BCUT2D eigenvalue weighted by Crippen LogP contribution is -2.38. The Balaban J connectivity index is 1.69. The van der Waals surface area contributed by atoms with Crippen LogP contribution >= 0.6 is 11.3 Å². The average Bonchev–Trinajstić information content (AvgIpc) is 3.28. The van der Waals surface area contributed by atoms with Gasteiger partial charge in [-0.2, -0.15) is 0 Å². The average molecular weight is 508 g/mol. The molecular weight excluding hydrogens is 474 g/mol. The first-order valence-electron chi connectivity index (χ1n) is 11.2. The highest BCUT2D eigenvalue weighted by Gasteiger charge is 2.33. The monoisotopic (exact) mass is 507 g/mol. The second-order valence-corrected chi connectivity index (χ2v) is 11.7. The number of aromatic nitrogens is 1. The predicted molar refractivity (Wildman–Crippen MR) is 134 cm³/mol. The normalized spacial score (nSPS) is 16.5. The number of benzene rings is 1. The molecule has 0 fully saturated rings. The molecule has 1 aromatic carbocycles. The van der Waals surface area contributed by atoms with Crippen LogP contribution in [0.15, 0.2) is 21.5 Å². The molecule has 1 unspecified atom stereocenters. The Hall–Kier alpha value is -2.50. The van der Waals surface area contributed by atoms with Gasteiger partial charge in [0, 0.05) is 18.1 Å². The number of Topliss-reactive ketones (excluding diaryl/α,β-unsaturated/α-hetero) is 1. The molecule has 34 heavy (non-hydrogen) atoms. The van der Waals surface area contributed by atoms with Crippen LogP contribution in [0.1, 0.15) is 65.2 Å². The Morgan fingerprint density at radius 2 is 2.00 bits per heavy atom. The topological polar surface area (TPSA) is 150 Å². The number of carbonyl (C=O) groups excluding carboxylic acids is 1. The number of sulfonamides is 1. The molecule has 1 aliphatic heterocycles. The van der Waals surface area contributed by atoms with Crippen molar-refractivity contribution < 1.29 is 17.9 Å². The molecule has 0 bridgehead atoms. The van der Waals surface area contributed by atoms with Crippen molar-refractivity contribution in [3.63, 3.8) is 0 Å². The van der Waals surface area contributed by atoms with Crippen LogP contribution in [0.2, 0.25) is 0 Å². The van der Waals surface area contributed by atoms with E-state index in [2.05, 4.69) is 14.7 Å². The van der Waals surface area contributed by atoms with Gasteiger partial charge in [0.1, 0.15) is 11.4 Å². The highest BCUT2D eigenvalue weighted by atomic mass is 32.2. The summed E-state index contributed by atoms with van der Waals surface area (Å²) in [6.07, 6.45) is 3.96. The summed E-state index contributed by atoms with van der Waals surface area (Å²) in [5, 5.41) is 2.10. The molecule has 1 aromatic heterocycles. The Bertz CT molecular complexity index is 1200. The van der Waals surface area contributed by atoms with Crippen molar-refractivity contribution in [3.05, 3.63) is 38.8 Å². The SMILES string of the molecule is Cc1c(C)c(S(=O)(=O)NC(N)=NCCCC(N)C(=O)c2nccs2)c(C)c2c1OC(C)(C)CC2. The van der Waals surface area contributed by atoms with Crippen LogP contribution in [0.25, 0.3) is 0 Å². The molecule has 186 valence electrons. The van der Waals surface area contributed by atoms with Gasteiger partial charge in [-0.1, -0.05) is 0 Å². The zero-order chi connectivity index (χ0) is 25.3. The van der Waals surface area contributed by atoms with Gasteiger partial charge in [0.2, 0.25) is 11.7 Å². The number of nitrogens with two attached hydrogens (primary N) is 2. The molecule has 0 radical (unpaired) electrons. The molecule has 0 spiro atoms. The molecule has 2 aromatic rings. The van der Waals surface area contributed by atoms with E-state index >= 15 is 0 Å². The van der Waals surface area contributed by atoms with Crippen molar-refractivity contribution in [2.24, 2.45) is 16.5 Å². The summed E-state index contributed by atoms with van der Waals surface area (Å²) < 4.78 is 35.0. The third kappa shape index (κ3) is 5.59. The fraction of sp³-hybridized carbons (Fsp3) is 0.522. The maximum Gasteiger partial charge on any atom is 0.264 e. The number of rotatable bonds is 8. The van der Waals surface area contributed by atoms with Crippen molar-refractivity contribution in [3.8, 4) is 5.75 Å². The molecular formula is C23H33N5O4S2. The van der Waals surface area contributed by atoms with E-state index in [0.29, 0.717) is 29.0 Å². The van der Waals surface area contributed by atoms with E-state index < -0.39 is 16.1 Å². The van der Waals surface area contributed by atoms with Crippen molar-refractivity contribution in [1.29, 1.82) is 0 Å². The summed E-state index contributed by atoms with van der Waals surface area (Å²) in [6, 6.07) is -0.685. The number of nitrogens with one attached hydrogen (secondary N) is 1. The van der Waals surface area contributed by atoms with Crippen LogP contribution < -0.4 is 20.9 Å². The van der Waals surface area contributed by atoms with E-state index in [0.717, 1.165) is 29.7 Å². The Morgan fingerprint density at radius 3 is 2.65 bits per heavy atom. The van der Waals surface area contributed by atoms with E-state index in [4.69, 9.17) is 16.2 Å². The van der Waals surface area contributed by atoms with Crippen LogP contribution in [-0.4, -0.2) is 43.3 Å². The summed E-state index contributed by atoms with van der Waals surface area (Å²) in [5.74, 6) is 0.357. The van der Waals surface area contributed by atoms with Crippen molar-refractivity contribution in [1.82, 2.24) is 9.71 Å². The van der Waals surface area contributed by atoms with Gasteiger partial charge in [-0.3, -0.25) is 9.79 Å². The summed E-state index contributed by atoms with van der Waals surface area (Å²) in [5.41, 5.74) is 14.6. The minimum atomic E-state index is -3.95. The third-order valence-corrected chi connectivity index (χ3v) is 8.52. The molecule has 0 aliphatic carbocycles. The number of hydrogen-bond acceptors (Lipinski definition) is 8. The second kappa shape index (κ2) is 10.0. The Kier molecular flexibility index (Phi) is 7.69. The molecule has 0 saturated heterocycles. The first kappa shape index (κ1) is 26.1. The van der Waals surface area contributed by atoms with Gasteiger partial charge in [-0.25, -0.2) is 18.1 Å². The highest BCUT2D eigenvalue weighted by Crippen LogP contribution is 2.42. The van der Waals surface area contributed by atoms with Gasteiger partial charge < -0.3 is 16.2 Å². The predicted octanol–water partition coefficient (Wildman–Crippen LogP) is 2.76. The number of carbonyl (C=O) groups is 1. The first-order valence-corrected chi connectivity index (χ1v) is 13.5. The number of guanidine groups is 1. The van der Waals surface area contributed by atoms with Crippen LogP contribution in [0.4, 0.5) is 0 Å². The zero-order valence-corrected chi connectivity index (χ0v) is 21.9. The number of aliphatic imine (C=N–C) groups is 1. The Morgan fingerprint density at radius 1 is 1.29 bits per heavy atom. The minimum absolute atomic E-state index is 0.202. The van der Waals surface area contributed by atoms with Crippen molar-refractivity contribution >= 4 is 33.1 Å². The van der Waals surface area contributed by atoms with Crippen LogP contribution in [0, 0.1) is 20.8 Å². The standard InChI is InChI=1S/C23H33N5O4S2/c1-13-14(2)20(15(3)16-8-9-23(4,5)32-19(13)16)34(30,31)28-22(25)27-10-6-7-17(24)18(29)21-26-11-12-33-21/h11-12,17H,6-10,24H2,1-5H3,(H3,25,27,28). The summed E-state index contributed by atoms with van der Waals surface area (Å²) in [7, 11) is -3.95. The number of ether oxygens (including phenoxy) is 1. The molecule has 2 heterocycles. The number of fused-ring (bicyclic) bond motifs is 1. The maximum absolute atomic E-state index is 13.2. The van der Waals surface area contributed by atoms with Crippen LogP contribution in [-0.2, 0) is 16.4 Å². The summed E-state index contributed by atoms with van der Waals surface area (Å²) >= 11 is 1.25. The molecule has 0 amide bonds. The summed E-state index contributed by atoms with van der Waals surface area (Å²) in [4.78, 5) is 20.5. The number of nitrogens with zero attached hydrogens (tertiary/aromatic N) is 2. The Labute approximate surface area is 205 Å². The quantitative estimate of drug-likeness (QED) is 0.215. The van der Waals surface area contributed by atoms with Gasteiger partial charge >= 0.3 is 0 Å². The molecule has 11 heteroatoms. The van der Waals surface area contributed by atoms with Gasteiger partial charge in [-0.05, 0) is 82.6 Å². The van der Waals surface area contributed by atoms with E-state index in [9.17, 15) is 13.2 Å². The van der Waals surface area contributed by atoms with Gasteiger partial charge in [0.05, 0.1) is 10.9 Å². The van der Waals surface area contributed by atoms with Gasteiger partial charge in [-0.15, -0.1) is 11.3 Å². The van der Waals surface area contributed by atoms with Crippen LogP contribution in [0.5, 0.6) is 5.75 Å².